The van der Waals surface area contributed by atoms with Gasteiger partial charge in [-0.15, -0.1) is 41.7 Å². The molecule has 280 valence electrons. The third kappa shape index (κ3) is 5.88. The number of hydrogen-bond acceptors (Lipinski definition) is 6. The van der Waals surface area contributed by atoms with Gasteiger partial charge in [0, 0.05) is 60.9 Å². The molecular formula is C48H38N5OPtS-3. The summed E-state index contributed by atoms with van der Waals surface area (Å²) in [5.41, 5.74) is 9.90. The first-order valence-corrected chi connectivity index (χ1v) is 19.4. The predicted molar refractivity (Wildman–Crippen MR) is 228 cm³/mol. The molecule has 1 aliphatic heterocycles. The third-order valence-corrected chi connectivity index (χ3v) is 11.8. The molecule has 0 amide bonds. The second kappa shape index (κ2) is 13.6. The quantitative estimate of drug-likeness (QED) is 0.161. The predicted octanol–water partition coefficient (Wildman–Crippen LogP) is 13.0. The molecule has 0 spiro atoms. The van der Waals surface area contributed by atoms with Crippen LogP contribution in [-0.4, -0.2) is 14.5 Å². The van der Waals surface area contributed by atoms with Gasteiger partial charge in [-0.1, -0.05) is 90.8 Å². The van der Waals surface area contributed by atoms with Crippen molar-refractivity contribution in [1.29, 1.82) is 0 Å². The smallest absolute Gasteiger partial charge is 0.135 e. The second-order valence-corrected chi connectivity index (χ2v) is 16.5. The molecule has 9 aromatic rings. The summed E-state index contributed by atoms with van der Waals surface area (Å²) in [6.45, 7) is 15.3. The maximum absolute atomic E-state index is 6.81. The van der Waals surface area contributed by atoms with Crippen LogP contribution in [0.15, 0.2) is 116 Å². The number of aromatic nitrogens is 3. The van der Waals surface area contributed by atoms with Crippen LogP contribution in [-0.2, 0) is 26.5 Å². The number of para-hydroxylation sites is 1. The van der Waals surface area contributed by atoms with Gasteiger partial charge in [0.25, 0.3) is 0 Å². The summed E-state index contributed by atoms with van der Waals surface area (Å²) in [7, 11) is 0. The minimum absolute atomic E-state index is 0. The molecular weight excluding hydrogens is 890 g/mol. The van der Waals surface area contributed by atoms with E-state index in [2.05, 4.69) is 166 Å². The summed E-state index contributed by atoms with van der Waals surface area (Å²) in [6.07, 6.45) is 3.76. The minimum atomic E-state index is -0.0237. The van der Waals surface area contributed by atoms with Crippen LogP contribution in [0.5, 0.6) is 11.5 Å². The van der Waals surface area contributed by atoms with Crippen LogP contribution in [0.4, 0.5) is 22.9 Å². The molecule has 56 heavy (non-hydrogen) atoms. The van der Waals surface area contributed by atoms with Crippen LogP contribution in [0.3, 0.4) is 0 Å². The molecule has 10 rings (SSSR count). The van der Waals surface area contributed by atoms with Gasteiger partial charge in [-0.25, -0.2) is 21.3 Å². The molecule has 0 radical (unpaired) electrons. The molecule has 0 unspecified atom stereocenters. The molecule has 0 fully saturated rings. The Labute approximate surface area is 345 Å². The first kappa shape index (κ1) is 36.2. The average molecular weight is 928 g/mol. The number of anilines is 4. The minimum Gasteiger partial charge on any atom is -0.509 e. The topological polar surface area (TPSA) is 46.4 Å². The van der Waals surface area contributed by atoms with Crippen molar-refractivity contribution in [3.05, 3.63) is 157 Å². The molecule has 0 N–H and O–H groups in total. The SMILES string of the molecule is Cc1cc(C)c(N2[CH-]N(c3[c-]c(Oc4[c-]c5c(cc4)c4ccccc4n5-c4cc(C(C)(C)C)ccn4)cc4c3sc3ccccc34)c3ncccc32)c(C)c1.[Pt]. The summed E-state index contributed by atoms with van der Waals surface area (Å²) in [5, 5.41) is 4.51. The van der Waals surface area contributed by atoms with E-state index in [0.717, 1.165) is 60.6 Å². The molecule has 5 aromatic carbocycles. The maximum atomic E-state index is 6.81. The van der Waals surface area contributed by atoms with Gasteiger partial charge in [-0.3, -0.25) is 0 Å². The summed E-state index contributed by atoms with van der Waals surface area (Å²) < 4.78 is 11.3. The summed E-state index contributed by atoms with van der Waals surface area (Å²) in [4.78, 5) is 14.2. The van der Waals surface area contributed by atoms with Crippen molar-refractivity contribution in [2.75, 3.05) is 9.80 Å². The third-order valence-electron chi connectivity index (χ3n) is 10.6. The largest absolute Gasteiger partial charge is 0.509 e. The van der Waals surface area contributed by atoms with Crippen molar-refractivity contribution in [3.8, 4) is 17.3 Å². The van der Waals surface area contributed by atoms with Crippen molar-refractivity contribution < 1.29 is 25.8 Å². The van der Waals surface area contributed by atoms with Crippen LogP contribution in [0.25, 0.3) is 47.8 Å². The number of pyridine rings is 2. The molecule has 0 saturated heterocycles. The summed E-state index contributed by atoms with van der Waals surface area (Å²) >= 11 is 1.76. The number of fused-ring (bicyclic) bond motifs is 7. The van der Waals surface area contributed by atoms with E-state index in [1.165, 1.54) is 32.3 Å². The normalized spacial score (nSPS) is 12.9. The molecule has 8 heteroatoms. The van der Waals surface area contributed by atoms with E-state index in [1.807, 2.05) is 24.5 Å². The molecule has 0 saturated carbocycles. The van der Waals surface area contributed by atoms with Crippen LogP contribution in [0.2, 0.25) is 0 Å². The van der Waals surface area contributed by atoms with Gasteiger partial charge >= 0.3 is 0 Å². The number of nitrogens with zero attached hydrogens (tertiary/aromatic N) is 5. The molecule has 5 heterocycles. The molecule has 4 aromatic heterocycles. The Bertz CT molecular complexity index is 2970. The number of rotatable bonds is 5. The Balaban J connectivity index is 0.00000410. The van der Waals surface area contributed by atoms with E-state index in [9.17, 15) is 0 Å². The molecule has 6 nitrogen and oxygen atoms in total. The van der Waals surface area contributed by atoms with E-state index in [-0.39, 0.29) is 26.5 Å². The van der Waals surface area contributed by atoms with Gasteiger partial charge in [-0.2, -0.15) is 6.07 Å². The van der Waals surface area contributed by atoms with Crippen LogP contribution in [0, 0.1) is 39.6 Å². The van der Waals surface area contributed by atoms with Crippen molar-refractivity contribution in [2.24, 2.45) is 0 Å². The van der Waals surface area contributed by atoms with Gasteiger partial charge in [-0.05, 0) is 90.0 Å². The first-order chi connectivity index (χ1) is 26.6. The summed E-state index contributed by atoms with van der Waals surface area (Å²) in [5.74, 6) is 2.90. The Morgan fingerprint density at radius 2 is 1.46 bits per heavy atom. The Kier molecular flexibility index (Phi) is 8.79. The van der Waals surface area contributed by atoms with E-state index < -0.39 is 0 Å². The summed E-state index contributed by atoms with van der Waals surface area (Å²) in [6, 6.07) is 43.5. The number of ether oxygens (including phenoxy) is 1. The Hall–Kier alpha value is -5.49. The fourth-order valence-electron chi connectivity index (χ4n) is 8.14. The van der Waals surface area contributed by atoms with Crippen LogP contribution < -0.4 is 14.5 Å². The molecule has 0 aliphatic carbocycles. The molecule has 0 bridgehead atoms. The van der Waals surface area contributed by atoms with Gasteiger partial charge in [0.2, 0.25) is 0 Å². The fraction of sp³-hybridized carbons (Fsp3) is 0.146. The van der Waals surface area contributed by atoms with E-state index in [0.29, 0.717) is 11.5 Å². The number of thiophene rings is 1. The zero-order valence-electron chi connectivity index (χ0n) is 31.9. The van der Waals surface area contributed by atoms with Gasteiger partial charge < -0.3 is 19.1 Å². The van der Waals surface area contributed by atoms with Crippen molar-refractivity contribution in [3.63, 3.8) is 0 Å². The van der Waals surface area contributed by atoms with Gasteiger partial charge in [0.15, 0.2) is 0 Å². The molecule has 0 atom stereocenters. The van der Waals surface area contributed by atoms with Crippen molar-refractivity contribution in [2.45, 2.75) is 47.0 Å². The first-order valence-electron chi connectivity index (χ1n) is 18.6. The average Bonchev–Trinajstić information content (AvgIpc) is 3.84. The maximum Gasteiger partial charge on any atom is 0.135 e. The fourth-order valence-corrected chi connectivity index (χ4v) is 9.32. The van der Waals surface area contributed by atoms with Crippen molar-refractivity contribution >= 4 is 76.2 Å². The Morgan fingerprint density at radius 3 is 2.27 bits per heavy atom. The Morgan fingerprint density at radius 1 is 0.696 bits per heavy atom. The second-order valence-electron chi connectivity index (χ2n) is 15.5. The molecule has 1 aliphatic rings. The monoisotopic (exact) mass is 927 g/mol. The van der Waals surface area contributed by atoms with Crippen LogP contribution in [0.1, 0.15) is 43.0 Å². The van der Waals surface area contributed by atoms with E-state index in [4.69, 9.17) is 14.7 Å². The van der Waals surface area contributed by atoms with Gasteiger partial charge in [0.05, 0.1) is 5.69 Å². The standard InChI is InChI=1S/C48H38N5OS.Pt/c1-29-22-30(2)45(31(3)23-29)51-28-52(47-40(51)15-11-20-50-47)42-27-34(25-38-37-13-8-10-16-43(37)55-46(38)42)54-33-17-18-36-35-12-7-9-14-39(35)53(41(36)26-33)44-24-32(19-21-49-44)48(4,5)6;/h7-25,28H,1-6H3;/q-3;. The van der Waals surface area contributed by atoms with Gasteiger partial charge in [0.1, 0.15) is 11.6 Å². The van der Waals surface area contributed by atoms with Crippen molar-refractivity contribution in [1.82, 2.24) is 14.5 Å². The zero-order valence-corrected chi connectivity index (χ0v) is 35.0. The van der Waals surface area contributed by atoms with E-state index >= 15 is 0 Å². The van der Waals surface area contributed by atoms with E-state index in [1.54, 1.807) is 11.3 Å². The number of aryl methyl sites for hydroxylation is 3. The zero-order chi connectivity index (χ0) is 37.6. The van der Waals surface area contributed by atoms with Crippen LogP contribution >= 0.6 is 11.3 Å². The number of hydrogen-bond donors (Lipinski definition) is 0. The number of benzene rings is 5.